The van der Waals surface area contributed by atoms with E-state index in [9.17, 15) is 0 Å². The van der Waals surface area contributed by atoms with Gasteiger partial charge in [-0.05, 0) is 24.6 Å². The van der Waals surface area contributed by atoms with Crippen LogP contribution in [0, 0.1) is 6.92 Å². The minimum absolute atomic E-state index is 0.537. The maximum absolute atomic E-state index is 5.65. The molecule has 0 amide bonds. The fourth-order valence-corrected chi connectivity index (χ4v) is 1.74. The maximum Gasteiger partial charge on any atom is 0.123 e. The number of aryl methyl sites for hydroxylation is 1. The lowest BCUT2D eigenvalue weighted by Gasteiger charge is -2.10. The van der Waals surface area contributed by atoms with Crippen molar-refractivity contribution in [2.75, 3.05) is 46.8 Å². The monoisotopic (exact) mass is 332 g/mol. The van der Waals surface area contributed by atoms with Crippen molar-refractivity contribution in [3.05, 3.63) is 28.2 Å². The van der Waals surface area contributed by atoms with Crippen LogP contribution in [0.15, 0.2) is 22.7 Å². The molecule has 108 valence electrons. The van der Waals surface area contributed by atoms with Crippen LogP contribution in [-0.4, -0.2) is 46.8 Å². The van der Waals surface area contributed by atoms with E-state index in [1.165, 1.54) is 0 Å². The van der Waals surface area contributed by atoms with Gasteiger partial charge in [0.15, 0.2) is 0 Å². The summed E-state index contributed by atoms with van der Waals surface area (Å²) in [7, 11) is 1.65. The molecule has 0 saturated carbocycles. The molecule has 0 spiro atoms. The third-order valence-corrected chi connectivity index (χ3v) is 2.93. The second kappa shape index (κ2) is 10.2. The van der Waals surface area contributed by atoms with Gasteiger partial charge in [0.25, 0.3) is 0 Å². The predicted octanol–water partition coefficient (Wildman–Crippen LogP) is 2.82. The van der Waals surface area contributed by atoms with E-state index < -0.39 is 0 Å². The van der Waals surface area contributed by atoms with Gasteiger partial charge in [-0.2, -0.15) is 0 Å². The Labute approximate surface area is 123 Å². The van der Waals surface area contributed by atoms with Crippen molar-refractivity contribution < 1.29 is 18.9 Å². The lowest BCUT2D eigenvalue weighted by Crippen LogP contribution is -2.12. The van der Waals surface area contributed by atoms with Crippen molar-refractivity contribution in [3.8, 4) is 5.75 Å². The van der Waals surface area contributed by atoms with Crippen molar-refractivity contribution in [2.24, 2.45) is 0 Å². The highest BCUT2D eigenvalue weighted by molar-refractivity contribution is 9.10. The first kappa shape index (κ1) is 16.4. The lowest BCUT2D eigenvalue weighted by atomic mass is 10.2. The van der Waals surface area contributed by atoms with E-state index >= 15 is 0 Å². The molecule has 4 nitrogen and oxygen atoms in total. The molecular formula is C14H21BrO4. The molecule has 5 heteroatoms. The molecule has 0 fully saturated rings. The average molecular weight is 333 g/mol. The SMILES string of the molecule is COCCOCCOCCOc1cc(Br)ccc1C. The molecule has 0 radical (unpaired) electrons. The molecule has 0 saturated heterocycles. The molecule has 1 aromatic rings. The van der Waals surface area contributed by atoms with E-state index in [0.717, 1.165) is 15.8 Å². The largest absolute Gasteiger partial charge is 0.491 e. The van der Waals surface area contributed by atoms with Crippen LogP contribution in [0.3, 0.4) is 0 Å². The quantitative estimate of drug-likeness (QED) is 0.617. The molecule has 0 aliphatic rings. The number of hydrogen-bond donors (Lipinski definition) is 0. The summed E-state index contributed by atoms with van der Waals surface area (Å²) < 4.78 is 22.2. The van der Waals surface area contributed by atoms with Crippen molar-refractivity contribution in [1.29, 1.82) is 0 Å². The summed E-state index contributed by atoms with van der Waals surface area (Å²) in [6.07, 6.45) is 0. The third kappa shape index (κ3) is 7.52. The van der Waals surface area contributed by atoms with Gasteiger partial charge in [0, 0.05) is 11.6 Å². The van der Waals surface area contributed by atoms with Gasteiger partial charge in [-0.1, -0.05) is 22.0 Å². The molecule has 0 bridgehead atoms. The number of rotatable bonds is 10. The second-order valence-corrected chi connectivity index (χ2v) is 4.89. The highest BCUT2D eigenvalue weighted by Crippen LogP contribution is 2.22. The van der Waals surface area contributed by atoms with Gasteiger partial charge in [0.1, 0.15) is 12.4 Å². The van der Waals surface area contributed by atoms with E-state index in [1.54, 1.807) is 7.11 Å². The Bertz CT molecular complexity index is 357. The molecule has 1 aromatic carbocycles. The van der Waals surface area contributed by atoms with Crippen LogP contribution < -0.4 is 4.74 Å². The van der Waals surface area contributed by atoms with Gasteiger partial charge in [0.2, 0.25) is 0 Å². The highest BCUT2D eigenvalue weighted by Gasteiger charge is 2.00. The summed E-state index contributed by atoms with van der Waals surface area (Å²) in [5.41, 5.74) is 1.12. The zero-order valence-corrected chi connectivity index (χ0v) is 13.1. The van der Waals surface area contributed by atoms with Crippen LogP contribution in [0.2, 0.25) is 0 Å². The Kier molecular flexibility index (Phi) is 8.82. The lowest BCUT2D eigenvalue weighted by molar-refractivity contribution is 0.0179. The summed E-state index contributed by atoms with van der Waals surface area (Å²) >= 11 is 3.42. The first-order chi connectivity index (χ1) is 9.24. The smallest absolute Gasteiger partial charge is 0.123 e. The summed E-state index contributed by atoms with van der Waals surface area (Å²) in [4.78, 5) is 0. The Hall–Kier alpha value is -0.620. The fourth-order valence-electron chi connectivity index (χ4n) is 1.40. The number of hydrogen-bond acceptors (Lipinski definition) is 4. The Balaban J connectivity index is 2.03. The molecule has 0 heterocycles. The van der Waals surface area contributed by atoms with Crippen molar-refractivity contribution >= 4 is 15.9 Å². The van der Waals surface area contributed by atoms with Crippen LogP contribution in [0.25, 0.3) is 0 Å². The zero-order valence-electron chi connectivity index (χ0n) is 11.5. The molecule has 0 atom stereocenters. The van der Waals surface area contributed by atoms with E-state index in [2.05, 4.69) is 15.9 Å². The van der Waals surface area contributed by atoms with E-state index in [4.69, 9.17) is 18.9 Å². The number of ether oxygens (including phenoxy) is 4. The molecular weight excluding hydrogens is 312 g/mol. The zero-order chi connectivity index (χ0) is 13.9. The Morgan fingerprint density at radius 3 is 2.26 bits per heavy atom. The molecule has 19 heavy (non-hydrogen) atoms. The number of methoxy groups -OCH3 is 1. The predicted molar refractivity (Wildman–Crippen MR) is 77.9 cm³/mol. The fraction of sp³-hybridized carbons (Fsp3) is 0.571. The first-order valence-electron chi connectivity index (χ1n) is 6.27. The molecule has 0 aromatic heterocycles. The molecule has 0 N–H and O–H groups in total. The van der Waals surface area contributed by atoms with Crippen LogP contribution >= 0.6 is 15.9 Å². The van der Waals surface area contributed by atoms with Crippen molar-refractivity contribution in [3.63, 3.8) is 0 Å². The minimum Gasteiger partial charge on any atom is -0.491 e. The normalized spacial score (nSPS) is 10.7. The van der Waals surface area contributed by atoms with Gasteiger partial charge in [-0.15, -0.1) is 0 Å². The molecule has 1 rings (SSSR count). The van der Waals surface area contributed by atoms with Crippen LogP contribution in [0.4, 0.5) is 0 Å². The van der Waals surface area contributed by atoms with Crippen molar-refractivity contribution in [2.45, 2.75) is 6.92 Å². The molecule has 0 aliphatic carbocycles. The molecule has 0 unspecified atom stereocenters. The highest BCUT2D eigenvalue weighted by atomic mass is 79.9. The van der Waals surface area contributed by atoms with E-state index in [1.807, 2.05) is 25.1 Å². The summed E-state index contributed by atoms with van der Waals surface area (Å²) in [5.74, 6) is 0.884. The van der Waals surface area contributed by atoms with Gasteiger partial charge in [-0.25, -0.2) is 0 Å². The van der Waals surface area contributed by atoms with Crippen LogP contribution in [-0.2, 0) is 14.2 Å². The van der Waals surface area contributed by atoms with Crippen LogP contribution in [0.5, 0.6) is 5.75 Å². The summed E-state index contributed by atoms with van der Waals surface area (Å²) in [5, 5.41) is 0. The van der Waals surface area contributed by atoms with E-state index in [0.29, 0.717) is 39.6 Å². The minimum atomic E-state index is 0.537. The summed E-state index contributed by atoms with van der Waals surface area (Å²) in [6, 6.07) is 5.98. The van der Waals surface area contributed by atoms with E-state index in [-0.39, 0.29) is 0 Å². The topological polar surface area (TPSA) is 36.9 Å². The maximum atomic E-state index is 5.65. The third-order valence-electron chi connectivity index (χ3n) is 2.44. The average Bonchev–Trinajstić information content (AvgIpc) is 2.40. The number of benzene rings is 1. The molecule has 0 aliphatic heterocycles. The van der Waals surface area contributed by atoms with Gasteiger partial charge in [-0.3, -0.25) is 0 Å². The van der Waals surface area contributed by atoms with Gasteiger partial charge >= 0.3 is 0 Å². The Morgan fingerprint density at radius 2 is 1.58 bits per heavy atom. The second-order valence-electron chi connectivity index (χ2n) is 3.98. The Morgan fingerprint density at radius 1 is 0.947 bits per heavy atom. The number of halogens is 1. The van der Waals surface area contributed by atoms with Crippen LogP contribution in [0.1, 0.15) is 5.56 Å². The summed E-state index contributed by atoms with van der Waals surface area (Å²) in [6.45, 7) is 5.49. The first-order valence-corrected chi connectivity index (χ1v) is 7.06. The standard InChI is InChI=1S/C14H21BrO4/c1-12-3-4-13(15)11-14(12)19-10-9-18-8-7-17-6-5-16-2/h3-4,11H,5-10H2,1-2H3. The van der Waals surface area contributed by atoms with Gasteiger partial charge in [0.05, 0.1) is 33.0 Å². The van der Waals surface area contributed by atoms with Gasteiger partial charge < -0.3 is 18.9 Å². The van der Waals surface area contributed by atoms with Crippen molar-refractivity contribution in [1.82, 2.24) is 0 Å².